The molecule has 0 aliphatic rings. The van der Waals surface area contributed by atoms with Gasteiger partial charge in [0.25, 0.3) is 0 Å². The van der Waals surface area contributed by atoms with E-state index < -0.39 is 11.7 Å². The Labute approximate surface area is 92.6 Å². The molecule has 1 unspecified atom stereocenters. The molecule has 2 nitrogen and oxygen atoms in total. The first-order valence-electron chi connectivity index (χ1n) is 5.03. The molecule has 5 heteroatoms. The van der Waals surface area contributed by atoms with Crippen molar-refractivity contribution in [1.82, 2.24) is 5.32 Å². The fourth-order valence-corrected chi connectivity index (χ4v) is 1.23. The van der Waals surface area contributed by atoms with Crippen molar-refractivity contribution >= 4 is 0 Å². The van der Waals surface area contributed by atoms with Gasteiger partial charge in [-0.3, -0.25) is 0 Å². The molecule has 0 amide bonds. The summed E-state index contributed by atoms with van der Waals surface area (Å²) < 4.78 is 37.2. The maximum atomic E-state index is 12.4. The number of alkyl halides is 3. The van der Waals surface area contributed by atoms with E-state index in [0.29, 0.717) is 18.7 Å². The molecule has 0 fully saturated rings. The lowest BCUT2D eigenvalue weighted by Crippen LogP contribution is -2.32. The molecule has 1 aromatic carbocycles. The molecule has 0 aliphatic carbocycles. The zero-order valence-corrected chi connectivity index (χ0v) is 9.01. The Morgan fingerprint density at radius 2 is 2.06 bits per heavy atom. The van der Waals surface area contributed by atoms with Gasteiger partial charge in [-0.2, -0.15) is 13.2 Å². The van der Waals surface area contributed by atoms with E-state index in [1.54, 1.807) is 6.07 Å². The Morgan fingerprint density at radius 1 is 1.38 bits per heavy atom. The monoisotopic (exact) mass is 232 g/mol. The van der Waals surface area contributed by atoms with Crippen molar-refractivity contribution in [2.45, 2.75) is 25.7 Å². The van der Waals surface area contributed by atoms with Gasteiger partial charge in [-0.05, 0) is 18.6 Å². The van der Waals surface area contributed by atoms with Crippen LogP contribution in [-0.4, -0.2) is 12.6 Å². The zero-order chi connectivity index (χ0) is 12.2. The fraction of sp³-hybridized carbons (Fsp3) is 0.455. The van der Waals surface area contributed by atoms with Crippen LogP contribution >= 0.6 is 0 Å². The second-order valence-corrected chi connectivity index (χ2v) is 3.72. The lowest BCUT2D eigenvalue weighted by atomic mass is 10.1. The molecular formula is C11H15F3N2. The molecule has 90 valence electrons. The number of hydrogen-bond donors (Lipinski definition) is 2. The van der Waals surface area contributed by atoms with E-state index in [2.05, 4.69) is 5.32 Å². The summed E-state index contributed by atoms with van der Waals surface area (Å²) in [6.07, 6.45) is -4.28. The molecule has 0 saturated carbocycles. The Balaban J connectivity index is 2.68. The zero-order valence-electron chi connectivity index (χ0n) is 9.01. The van der Waals surface area contributed by atoms with Crippen molar-refractivity contribution in [3.8, 4) is 0 Å². The highest BCUT2D eigenvalue weighted by atomic mass is 19.4. The van der Waals surface area contributed by atoms with Gasteiger partial charge in [0.1, 0.15) is 0 Å². The van der Waals surface area contributed by atoms with Gasteiger partial charge in [0.15, 0.2) is 0 Å². The summed E-state index contributed by atoms with van der Waals surface area (Å²) in [6, 6.07) is 5.37. The van der Waals surface area contributed by atoms with Crippen molar-refractivity contribution in [2.24, 2.45) is 5.73 Å². The quantitative estimate of drug-likeness (QED) is 0.834. The number of hydrogen-bond acceptors (Lipinski definition) is 2. The van der Waals surface area contributed by atoms with Crippen LogP contribution in [0.4, 0.5) is 13.2 Å². The van der Waals surface area contributed by atoms with Crippen molar-refractivity contribution in [2.75, 3.05) is 6.54 Å². The topological polar surface area (TPSA) is 38.0 Å². The minimum atomic E-state index is -4.28. The van der Waals surface area contributed by atoms with Crippen LogP contribution in [0.5, 0.6) is 0 Å². The first-order valence-corrected chi connectivity index (χ1v) is 5.03. The minimum absolute atomic E-state index is 0.0922. The predicted molar refractivity (Wildman–Crippen MR) is 56.8 cm³/mol. The van der Waals surface area contributed by atoms with Gasteiger partial charge < -0.3 is 11.1 Å². The molecule has 1 rings (SSSR count). The molecule has 0 aliphatic heterocycles. The Morgan fingerprint density at radius 3 is 2.62 bits per heavy atom. The molecule has 0 bridgehead atoms. The summed E-state index contributed by atoms with van der Waals surface area (Å²) in [6.45, 7) is 2.73. The molecule has 0 saturated heterocycles. The van der Waals surface area contributed by atoms with E-state index in [0.717, 1.165) is 12.1 Å². The second kappa shape index (κ2) is 5.32. The summed E-state index contributed by atoms with van der Waals surface area (Å²) in [5, 5.41) is 3.03. The Bertz CT molecular complexity index is 336. The summed E-state index contributed by atoms with van der Waals surface area (Å²) in [5.41, 5.74) is 5.38. The van der Waals surface area contributed by atoms with Crippen LogP contribution in [0.3, 0.4) is 0 Å². The van der Waals surface area contributed by atoms with Crippen LogP contribution in [-0.2, 0) is 12.7 Å². The van der Waals surface area contributed by atoms with E-state index in [9.17, 15) is 13.2 Å². The van der Waals surface area contributed by atoms with Crippen molar-refractivity contribution < 1.29 is 13.2 Å². The van der Waals surface area contributed by atoms with Crippen LogP contribution in [0, 0.1) is 0 Å². The van der Waals surface area contributed by atoms with Crippen LogP contribution in [0.25, 0.3) is 0 Å². The maximum absolute atomic E-state index is 12.4. The average molecular weight is 232 g/mol. The van der Waals surface area contributed by atoms with Crippen LogP contribution in [0.1, 0.15) is 18.1 Å². The third-order valence-electron chi connectivity index (χ3n) is 2.26. The summed E-state index contributed by atoms with van der Waals surface area (Å²) in [7, 11) is 0. The van der Waals surface area contributed by atoms with E-state index in [4.69, 9.17) is 5.73 Å². The highest BCUT2D eigenvalue weighted by Crippen LogP contribution is 2.29. The molecule has 0 heterocycles. The molecule has 0 radical (unpaired) electrons. The SMILES string of the molecule is CC(CN)NCc1cccc(C(F)(F)F)c1. The number of nitrogens with two attached hydrogens (primary N) is 1. The van der Waals surface area contributed by atoms with E-state index in [-0.39, 0.29) is 6.04 Å². The highest BCUT2D eigenvalue weighted by molar-refractivity contribution is 5.25. The third kappa shape index (κ3) is 3.83. The summed E-state index contributed by atoms with van der Waals surface area (Å²) >= 11 is 0. The predicted octanol–water partition coefficient (Wildman–Crippen LogP) is 2.14. The number of benzene rings is 1. The largest absolute Gasteiger partial charge is 0.416 e. The molecule has 1 aromatic rings. The van der Waals surface area contributed by atoms with Crippen LogP contribution in [0.15, 0.2) is 24.3 Å². The molecule has 16 heavy (non-hydrogen) atoms. The highest BCUT2D eigenvalue weighted by Gasteiger charge is 2.30. The number of nitrogens with one attached hydrogen (secondary N) is 1. The smallest absolute Gasteiger partial charge is 0.329 e. The van der Waals surface area contributed by atoms with E-state index >= 15 is 0 Å². The molecule has 0 aromatic heterocycles. The van der Waals surface area contributed by atoms with Crippen LogP contribution in [0.2, 0.25) is 0 Å². The van der Waals surface area contributed by atoms with E-state index in [1.807, 2.05) is 6.92 Å². The number of halogens is 3. The average Bonchev–Trinajstić information content (AvgIpc) is 2.25. The first kappa shape index (κ1) is 13.0. The standard InChI is InChI=1S/C11H15F3N2/c1-8(6-15)16-7-9-3-2-4-10(5-9)11(12,13)14/h2-5,8,16H,6-7,15H2,1H3. The van der Waals surface area contributed by atoms with Gasteiger partial charge in [0, 0.05) is 19.1 Å². The van der Waals surface area contributed by atoms with E-state index in [1.165, 1.54) is 6.07 Å². The fourth-order valence-electron chi connectivity index (χ4n) is 1.23. The summed E-state index contributed by atoms with van der Waals surface area (Å²) in [4.78, 5) is 0. The normalized spacial score (nSPS) is 13.8. The first-order chi connectivity index (χ1) is 7.43. The van der Waals surface area contributed by atoms with Gasteiger partial charge in [0.2, 0.25) is 0 Å². The Kier molecular flexibility index (Phi) is 4.32. The second-order valence-electron chi connectivity index (χ2n) is 3.72. The van der Waals surface area contributed by atoms with Crippen molar-refractivity contribution in [3.63, 3.8) is 0 Å². The Hall–Kier alpha value is -1.07. The van der Waals surface area contributed by atoms with Gasteiger partial charge in [0.05, 0.1) is 5.56 Å². The lowest BCUT2D eigenvalue weighted by molar-refractivity contribution is -0.137. The van der Waals surface area contributed by atoms with Gasteiger partial charge in [-0.1, -0.05) is 18.2 Å². The maximum Gasteiger partial charge on any atom is 0.416 e. The summed E-state index contributed by atoms with van der Waals surface area (Å²) in [5.74, 6) is 0. The van der Waals surface area contributed by atoms with Crippen molar-refractivity contribution in [3.05, 3.63) is 35.4 Å². The van der Waals surface area contributed by atoms with Gasteiger partial charge in [-0.25, -0.2) is 0 Å². The van der Waals surface area contributed by atoms with Crippen LogP contribution < -0.4 is 11.1 Å². The molecule has 0 spiro atoms. The molecule has 1 atom stereocenters. The van der Waals surface area contributed by atoms with Crippen molar-refractivity contribution in [1.29, 1.82) is 0 Å². The minimum Gasteiger partial charge on any atom is -0.329 e. The lowest BCUT2D eigenvalue weighted by Gasteiger charge is -2.12. The molecule has 3 N–H and O–H groups in total. The number of rotatable bonds is 4. The third-order valence-corrected chi connectivity index (χ3v) is 2.26. The van der Waals surface area contributed by atoms with Gasteiger partial charge in [-0.15, -0.1) is 0 Å². The molecular weight excluding hydrogens is 217 g/mol. The van der Waals surface area contributed by atoms with Gasteiger partial charge >= 0.3 is 6.18 Å².